The predicted molar refractivity (Wildman–Crippen MR) is 132 cm³/mol. The highest BCUT2D eigenvalue weighted by molar-refractivity contribution is 5.66. The fourth-order valence-corrected chi connectivity index (χ4v) is 6.62. The number of hydrogen-bond acceptors (Lipinski definition) is 4. The molecule has 3 aliphatic rings. The van der Waals surface area contributed by atoms with Gasteiger partial charge in [-0.15, -0.1) is 0 Å². The predicted octanol–water partition coefficient (Wildman–Crippen LogP) is 5.07. The zero-order valence-electron chi connectivity index (χ0n) is 20.9. The minimum atomic E-state index is -0.903. The SMILES string of the molecule is CC(=O)O[C@@H]1[CH][C@@]2(O)[C@H](C)CC[C@@H](C(C)CN3CCC(Cc4ccccc4)CC3)[C@H]2C=C1C. The quantitative estimate of drug-likeness (QED) is 0.484. The van der Waals surface area contributed by atoms with E-state index in [2.05, 4.69) is 55.2 Å². The minimum absolute atomic E-state index is 0.0960. The molecule has 6 atom stereocenters. The van der Waals surface area contributed by atoms with Crippen LogP contribution in [-0.2, 0) is 16.0 Å². The Morgan fingerprint density at radius 1 is 1.18 bits per heavy atom. The molecule has 2 aliphatic carbocycles. The lowest BCUT2D eigenvalue weighted by Crippen LogP contribution is -2.56. The second-order valence-corrected chi connectivity index (χ2v) is 11.1. The lowest BCUT2D eigenvalue weighted by molar-refractivity contribution is -0.148. The van der Waals surface area contributed by atoms with E-state index in [0.29, 0.717) is 11.8 Å². The van der Waals surface area contributed by atoms with Gasteiger partial charge in [0.25, 0.3) is 0 Å². The van der Waals surface area contributed by atoms with Crippen molar-refractivity contribution in [1.82, 2.24) is 4.90 Å². The summed E-state index contributed by atoms with van der Waals surface area (Å²) in [5, 5.41) is 11.8. The van der Waals surface area contributed by atoms with Gasteiger partial charge in [-0.3, -0.25) is 4.79 Å². The third-order valence-corrected chi connectivity index (χ3v) is 8.67. The van der Waals surface area contributed by atoms with E-state index in [9.17, 15) is 9.90 Å². The van der Waals surface area contributed by atoms with Gasteiger partial charge in [-0.2, -0.15) is 0 Å². The maximum absolute atomic E-state index is 11.8. The normalized spacial score (nSPS) is 34.3. The molecule has 4 nitrogen and oxygen atoms in total. The van der Waals surface area contributed by atoms with Gasteiger partial charge in [0, 0.05) is 25.8 Å². The van der Waals surface area contributed by atoms with Gasteiger partial charge in [-0.25, -0.2) is 0 Å². The van der Waals surface area contributed by atoms with Crippen LogP contribution < -0.4 is 0 Å². The molecule has 0 bridgehead atoms. The Morgan fingerprint density at radius 2 is 1.88 bits per heavy atom. The lowest BCUT2D eigenvalue weighted by Gasteiger charge is -2.53. The van der Waals surface area contributed by atoms with Crippen molar-refractivity contribution in [3.63, 3.8) is 0 Å². The molecule has 1 saturated carbocycles. The van der Waals surface area contributed by atoms with Gasteiger partial charge in [-0.05, 0) is 86.9 Å². The van der Waals surface area contributed by atoms with Gasteiger partial charge in [0.15, 0.2) is 0 Å². The molecule has 1 aliphatic heterocycles. The molecule has 1 N–H and O–H groups in total. The molecular weight excluding hydrogens is 410 g/mol. The summed E-state index contributed by atoms with van der Waals surface area (Å²) in [5.74, 6) is 1.72. The number of benzene rings is 1. The third kappa shape index (κ3) is 5.54. The first-order valence-corrected chi connectivity index (χ1v) is 13.0. The average molecular weight is 453 g/mol. The van der Waals surface area contributed by atoms with Crippen molar-refractivity contribution in [3.8, 4) is 0 Å². The van der Waals surface area contributed by atoms with Crippen LogP contribution in [0.5, 0.6) is 0 Å². The standard InChI is InChI=1S/C29H42NO3/c1-20-16-27-26(11-10-22(3)29(27,32)18-28(20)33-23(4)31)21(2)19-30-14-12-25(13-15-30)17-24-8-6-5-7-9-24/h5-9,16,18,21-22,25-28,32H,10-15,17,19H2,1-4H3/t21?,22-,26+,27-,28-,29-/m1/s1. The molecule has 1 heterocycles. The number of carbonyl (C=O) groups excluding carboxylic acids is 1. The first-order chi connectivity index (χ1) is 15.8. The molecular formula is C29H42NO3. The van der Waals surface area contributed by atoms with E-state index in [1.165, 1.54) is 44.8 Å². The first kappa shape index (κ1) is 24.5. The van der Waals surface area contributed by atoms with Crippen LogP contribution >= 0.6 is 0 Å². The van der Waals surface area contributed by atoms with E-state index in [1.54, 1.807) is 0 Å². The van der Waals surface area contributed by atoms with Gasteiger partial charge in [0.05, 0.1) is 5.60 Å². The summed E-state index contributed by atoms with van der Waals surface area (Å²) in [5.41, 5.74) is 1.61. The van der Waals surface area contributed by atoms with Crippen LogP contribution in [0.15, 0.2) is 42.0 Å². The van der Waals surface area contributed by atoms with Gasteiger partial charge in [0.2, 0.25) is 0 Å². The van der Waals surface area contributed by atoms with Crippen LogP contribution in [0.25, 0.3) is 0 Å². The van der Waals surface area contributed by atoms with Crippen LogP contribution in [0.4, 0.5) is 0 Å². The van der Waals surface area contributed by atoms with Crippen LogP contribution in [0, 0.1) is 36.0 Å². The number of aliphatic hydroxyl groups is 1. The highest BCUT2D eigenvalue weighted by Gasteiger charge is 2.53. The first-order valence-electron chi connectivity index (χ1n) is 13.0. The monoisotopic (exact) mass is 452 g/mol. The number of esters is 1. The molecule has 4 rings (SSSR count). The second-order valence-electron chi connectivity index (χ2n) is 11.1. The van der Waals surface area contributed by atoms with E-state index in [-0.39, 0.29) is 17.8 Å². The number of piperidine rings is 1. The van der Waals surface area contributed by atoms with Crippen molar-refractivity contribution < 1.29 is 14.6 Å². The van der Waals surface area contributed by atoms with E-state index < -0.39 is 11.7 Å². The highest BCUT2D eigenvalue weighted by Crippen LogP contribution is 2.51. The number of likely N-dealkylation sites (tertiary alicyclic amines) is 1. The Kier molecular flexibility index (Phi) is 7.65. The van der Waals surface area contributed by atoms with Crippen molar-refractivity contribution >= 4 is 5.97 Å². The van der Waals surface area contributed by atoms with Gasteiger partial charge in [-0.1, -0.05) is 50.3 Å². The third-order valence-electron chi connectivity index (χ3n) is 8.67. The number of nitrogens with zero attached hydrogens (tertiary/aromatic N) is 1. The molecule has 0 amide bonds. The summed E-state index contributed by atoms with van der Waals surface area (Å²) in [6.45, 7) is 11.4. The summed E-state index contributed by atoms with van der Waals surface area (Å²) in [7, 11) is 0. The fraction of sp³-hybridized carbons (Fsp3) is 0.655. The van der Waals surface area contributed by atoms with Crippen molar-refractivity contribution in [2.24, 2.45) is 29.6 Å². The average Bonchev–Trinajstić information content (AvgIpc) is 2.78. The minimum Gasteiger partial charge on any atom is -0.458 e. The van der Waals surface area contributed by atoms with Gasteiger partial charge in [0.1, 0.15) is 6.10 Å². The molecule has 1 unspecified atom stereocenters. The zero-order valence-corrected chi connectivity index (χ0v) is 20.9. The molecule has 181 valence electrons. The van der Waals surface area contributed by atoms with Crippen LogP contribution in [0.1, 0.15) is 58.9 Å². The van der Waals surface area contributed by atoms with Crippen molar-refractivity contribution in [1.29, 1.82) is 0 Å². The number of hydrogen-bond donors (Lipinski definition) is 1. The smallest absolute Gasteiger partial charge is 0.303 e. The number of rotatable bonds is 6. The van der Waals surface area contributed by atoms with E-state index in [1.807, 2.05) is 13.3 Å². The Balaban J connectivity index is 1.37. The van der Waals surface area contributed by atoms with Crippen molar-refractivity contribution in [2.45, 2.75) is 71.5 Å². The van der Waals surface area contributed by atoms with Crippen LogP contribution in [0.2, 0.25) is 0 Å². The molecule has 0 spiro atoms. The molecule has 1 saturated heterocycles. The molecule has 0 aromatic heterocycles. The molecule has 2 fully saturated rings. The topological polar surface area (TPSA) is 49.8 Å². The second kappa shape index (κ2) is 10.3. The summed E-state index contributed by atoms with van der Waals surface area (Å²) >= 11 is 0. The fourth-order valence-electron chi connectivity index (χ4n) is 6.62. The van der Waals surface area contributed by atoms with Gasteiger partial charge >= 0.3 is 5.97 Å². The molecule has 1 aromatic carbocycles. The highest BCUT2D eigenvalue weighted by atomic mass is 16.5. The Labute approximate surface area is 200 Å². The van der Waals surface area contributed by atoms with Gasteiger partial charge < -0.3 is 14.7 Å². The largest absolute Gasteiger partial charge is 0.458 e. The molecule has 4 heteroatoms. The van der Waals surface area contributed by atoms with E-state index >= 15 is 0 Å². The number of fused-ring (bicyclic) bond motifs is 1. The Bertz CT molecular complexity index is 829. The number of ether oxygens (including phenoxy) is 1. The zero-order chi connectivity index (χ0) is 23.6. The maximum atomic E-state index is 11.8. The maximum Gasteiger partial charge on any atom is 0.303 e. The molecule has 33 heavy (non-hydrogen) atoms. The summed E-state index contributed by atoms with van der Waals surface area (Å²) in [6, 6.07) is 10.9. The molecule has 1 aromatic rings. The Hall–Kier alpha value is -1.65. The van der Waals surface area contributed by atoms with E-state index in [4.69, 9.17) is 4.74 Å². The number of carbonyl (C=O) groups is 1. The van der Waals surface area contributed by atoms with Crippen LogP contribution in [-0.4, -0.2) is 47.3 Å². The van der Waals surface area contributed by atoms with E-state index in [0.717, 1.165) is 30.9 Å². The lowest BCUT2D eigenvalue weighted by atomic mass is 9.57. The summed E-state index contributed by atoms with van der Waals surface area (Å²) in [4.78, 5) is 14.2. The van der Waals surface area contributed by atoms with Crippen LogP contribution in [0.3, 0.4) is 0 Å². The summed E-state index contributed by atoms with van der Waals surface area (Å²) in [6.07, 6.45) is 9.63. The van der Waals surface area contributed by atoms with Crippen molar-refractivity contribution in [2.75, 3.05) is 19.6 Å². The molecule has 1 radical (unpaired) electrons. The van der Waals surface area contributed by atoms with Crippen molar-refractivity contribution in [3.05, 3.63) is 54.0 Å². The Morgan fingerprint density at radius 3 is 2.55 bits per heavy atom. The summed E-state index contributed by atoms with van der Waals surface area (Å²) < 4.78 is 5.50.